The fourth-order valence-corrected chi connectivity index (χ4v) is 6.10. The van der Waals surface area contributed by atoms with Crippen LogP contribution in [0.5, 0.6) is 0 Å². The summed E-state index contributed by atoms with van der Waals surface area (Å²) >= 11 is 4.35. The van der Waals surface area contributed by atoms with Gasteiger partial charge in [0.05, 0.1) is 16.2 Å². The van der Waals surface area contributed by atoms with Crippen molar-refractivity contribution in [3.05, 3.63) is 57.5 Å². The van der Waals surface area contributed by atoms with Crippen LogP contribution in [0, 0.1) is 0 Å². The van der Waals surface area contributed by atoms with Crippen LogP contribution in [0.25, 0.3) is 6.08 Å². The Balaban J connectivity index is 2.09. The quantitative estimate of drug-likeness (QED) is 0.828. The van der Waals surface area contributed by atoms with E-state index >= 15 is 0 Å². The summed E-state index contributed by atoms with van der Waals surface area (Å²) in [6, 6.07) is 9.62. The van der Waals surface area contributed by atoms with Crippen molar-refractivity contribution in [2.75, 3.05) is 0 Å². The van der Waals surface area contributed by atoms with Crippen LogP contribution in [0.2, 0.25) is 0 Å². The molecule has 1 N–H and O–H groups in total. The molecule has 5 nitrogen and oxygen atoms in total. The predicted octanol–water partition coefficient (Wildman–Crippen LogP) is 3.70. The lowest BCUT2D eigenvalue weighted by Crippen LogP contribution is -2.33. The first kappa shape index (κ1) is 16.2. The maximum absolute atomic E-state index is 12.9. The van der Waals surface area contributed by atoms with Gasteiger partial charge in [-0.15, -0.1) is 11.3 Å². The maximum Gasteiger partial charge on any atom is 0.305 e. The Morgan fingerprint density at radius 1 is 1.26 bits per heavy atom. The molecular formula is C15H12BrNO4S2. The molecule has 3 rings (SSSR count). The second-order valence-electron chi connectivity index (χ2n) is 4.95. The monoisotopic (exact) mass is 413 g/mol. The van der Waals surface area contributed by atoms with Gasteiger partial charge in [0.2, 0.25) is 0 Å². The number of hydrogen-bond acceptors (Lipinski definition) is 4. The third kappa shape index (κ3) is 3.06. The summed E-state index contributed by atoms with van der Waals surface area (Å²) in [5, 5.41) is 9.20. The van der Waals surface area contributed by atoms with E-state index in [0.29, 0.717) is 9.35 Å². The van der Waals surface area contributed by atoms with Gasteiger partial charge in [-0.25, -0.2) is 8.42 Å². The van der Waals surface area contributed by atoms with Crippen LogP contribution in [-0.4, -0.2) is 23.8 Å². The zero-order chi connectivity index (χ0) is 16.6. The van der Waals surface area contributed by atoms with Crippen LogP contribution < -0.4 is 0 Å². The molecule has 2 aromatic rings. The number of aliphatic carboxylic acids is 1. The molecule has 0 aliphatic carbocycles. The number of nitrogens with zero attached hydrogens (tertiary/aromatic N) is 1. The van der Waals surface area contributed by atoms with E-state index in [0.717, 1.165) is 21.2 Å². The molecule has 0 fully saturated rings. The molecule has 0 amide bonds. The van der Waals surface area contributed by atoms with Gasteiger partial charge in [-0.2, -0.15) is 0 Å². The van der Waals surface area contributed by atoms with E-state index in [9.17, 15) is 18.3 Å². The van der Waals surface area contributed by atoms with Gasteiger partial charge in [0.15, 0.2) is 0 Å². The second-order valence-corrected chi connectivity index (χ2v) is 9.48. The SMILES string of the molecule is O=C(O)CC1c2ccccc2C=CN1S(=O)(=O)c1ccc(Br)s1. The molecule has 0 radical (unpaired) electrons. The minimum Gasteiger partial charge on any atom is -0.481 e. The maximum atomic E-state index is 12.9. The Kier molecular flexibility index (Phi) is 4.31. The first-order chi connectivity index (χ1) is 10.9. The third-order valence-corrected chi connectivity index (χ3v) is 7.39. The van der Waals surface area contributed by atoms with E-state index in [2.05, 4.69) is 15.9 Å². The first-order valence-corrected chi connectivity index (χ1v) is 9.72. The number of carboxylic acid groups (broad SMARTS) is 1. The number of benzene rings is 1. The number of carboxylic acids is 1. The highest BCUT2D eigenvalue weighted by Gasteiger charge is 2.35. The van der Waals surface area contributed by atoms with Crippen LogP contribution in [0.4, 0.5) is 0 Å². The number of carbonyl (C=O) groups is 1. The van der Waals surface area contributed by atoms with E-state index in [1.54, 1.807) is 24.3 Å². The molecule has 1 aromatic carbocycles. The lowest BCUT2D eigenvalue weighted by Gasteiger charge is -2.32. The van der Waals surface area contributed by atoms with Crippen molar-refractivity contribution in [2.24, 2.45) is 0 Å². The van der Waals surface area contributed by atoms with Crippen molar-refractivity contribution in [3.63, 3.8) is 0 Å². The van der Waals surface area contributed by atoms with Crippen LogP contribution in [-0.2, 0) is 14.8 Å². The summed E-state index contributed by atoms with van der Waals surface area (Å²) in [5.41, 5.74) is 1.52. The Bertz CT molecular complexity index is 888. The van der Waals surface area contributed by atoms with E-state index in [1.807, 2.05) is 12.1 Å². The molecule has 0 saturated carbocycles. The Morgan fingerprint density at radius 3 is 2.65 bits per heavy atom. The normalized spacial score (nSPS) is 17.1. The summed E-state index contributed by atoms with van der Waals surface area (Å²) in [5.74, 6) is -1.05. The van der Waals surface area contributed by atoms with E-state index in [-0.39, 0.29) is 10.6 Å². The van der Waals surface area contributed by atoms with Crippen LogP contribution >= 0.6 is 27.3 Å². The molecule has 1 aromatic heterocycles. The minimum atomic E-state index is -3.81. The van der Waals surface area contributed by atoms with Gasteiger partial charge < -0.3 is 5.11 Å². The fraction of sp³-hybridized carbons (Fsp3) is 0.133. The summed E-state index contributed by atoms with van der Waals surface area (Å²) in [7, 11) is -3.81. The Morgan fingerprint density at radius 2 is 2.00 bits per heavy atom. The highest BCUT2D eigenvalue weighted by molar-refractivity contribution is 9.11. The van der Waals surface area contributed by atoms with Crippen LogP contribution in [0.15, 0.2) is 50.6 Å². The van der Waals surface area contributed by atoms with Crippen molar-refractivity contribution < 1.29 is 18.3 Å². The second kappa shape index (κ2) is 6.10. The molecule has 1 unspecified atom stereocenters. The average molecular weight is 414 g/mol. The molecule has 0 spiro atoms. The predicted molar refractivity (Wildman–Crippen MR) is 91.5 cm³/mol. The molecule has 2 heterocycles. The third-order valence-electron chi connectivity index (χ3n) is 3.51. The van der Waals surface area contributed by atoms with Crippen molar-refractivity contribution in [1.82, 2.24) is 4.31 Å². The molecule has 23 heavy (non-hydrogen) atoms. The van der Waals surface area contributed by atoms with Crippen molar-refractivity contribution >= 4 is 49.3 Å². The lowest BCUT2D eigenvalue weighted by atomic mass is 9.96. The van der Waals surface area contributed by atoms with Gasteiger partial charge in [0.25, 0.3) is 10.0 Å². The van der Waals surface area contributed by atoms with E-state index in [1.165, 1.54) is 12.3 Å². The molecule has 1 aliphatic heterocycles. The number of thiophene rings is 1. The average Bonchev–Trinajstić information content (AvgIpc) is 2.94. The number of sulfonamides is 1. The summed E-state index contributed by atoms with van der Waals surface area (Å²) in [6.45, 7) is 0. The topological polar surface area (TPSA) is 74.7 Å². The number of fused-ring (bicyclic) bond motifs is 1. The van der Waals surface area contributed by atoms with Gasteiger partial charge in [-0.3, -0.25) is 9.10 Å². The highest BCUT2D eigenvalue weighted by Crippen LogP contribution is 2.38. The molecule has 0 saturated heterocycles. The summed E-state index contributed by atoms with van der Waals surface area (Å²) in [4.78, 5) is 11.2. The van der Waals surface area contributed by atoms with Gasteiger partial charge in [0, 0.05) is 6.20 Å². The Labute approximate surface area is 146 Å². The van der Waals surface area contributed by atoms with Crippen molar-refractivity contribution in [1.29, 1.82) is 0 Å². The van der Waals surface area contributed by atoms with Gasteiger partial charge in [-0.05, 0) is 45.3 Å². The smallest absolute Gasteiger partial charge is 0.305 e. The molecule has 1 atom stereocenters. The lowest BCUT2D eigenvalue weighted by molar-refractivity contribution is -0.137. The van der Waals surface area contributed by atoms with Crippen LogP contribution in [0.3, 0.4) is 0 Å². The molecule has 8 heteroatoms. The standard InChI is InChI=1S/C15H12BrNO4S2/c16-13-5-6-15(22-13)23(20,21)17-8-7-10-3-1-2-4-11(10)12(17)9-14(18)19/h1-8,12H,9H2,(H,18,19). The molecular weight excluding hydrogens is 402 g/mol. The highest BCUT2D eigenvalue weighted by atomic mass is 79.9. The fourth-order valence-electron chi connectivity index (χ4n) is 2.51. The van der Waals surface area contributed by atoms with Gasteiger partial charge in [0.1, 0.15) is 4.21 Å². The van der Waals surface area contributed by atoms with Gasteiger partial charge >= 0.3 is 5.97 Å². The largest absolute Gasteiger partial charge is 0.481 e. The van der Waals surface area contributed by atoms with Crippen molar-refractivity contribution in [2.45, 2.75) is 16.7 Å². The van der Waals surface area contributed by atoms with E-state index < -0.39 is 22.0 Å². The van der Waals surface area contributed by atoms with Gasteiger partial charge in [-0.1, -0.05) is 24.3 Å². The van der Waals surface area contributed by atoms with Crippen molar-refractivity contribution in [3.8, 4) is 0 Å². The number of hydrogen-bond donors (Lipinski definition) is 1. The summed E-state index contributed by atoms with van der Waals surface area (Å²) in [6.07, 6.45) is 2.83. The molecule has 1 aliphatic rings. The summed E-state index contributed by atoms with van der Waals surface area (Å²) < 4.78 is 27.8. The number of rotatable bonds is 4. The first-order valence-electron chi connectivity index (χ1n) is 6.67. The Hall–Kier alpha value is -1.64. The minimum absolute atomic E-state index is 0.170. The van der Waals surface area contributed by atoms with Crippen LogP contribution in [0.1, 0.15) is 23.6 Å². The zero-order valence-corrected chi connectivity index (χ0v) is 14.9. The number of halogens is 1. The molecule has 0 bridgehead atoms. The molecule has 120 valence electrons. The van der Waals surface area contributed by atoms with E-state index in [4.69, 9.17) is 0 Å². The zero-order valence-electron chi connectivity index (χ0n) is 11.7.